The van der Waals surface area contributed by atoms with Crippen LogP contribution in [0, 0.1) is 0 Å². The first kappa shape index (κ1) is 20.7. The first-order valence-corrected chi connectivity index (χ1v) is 8.64. The molecule has 0 saturated carbocycles. The van der Waals surface area contributed by atoms with E-state index in [-0.39, 0.29) is 36.8 Å². The third kappa shape index (κ3) is 3.87. The summed E-state index contributed by atoms with van der Waals surface area (Å²) in [6.45, 7) is 4.01. The average Bonchev–Trinajstić information content (AvgIpc) is 3.03. The topological polar surface area (TPSA) is 79.2 Å². The number of nitrogens with zero attached hydrogens (tertiary/aromatic N) is 6. The maximum absolute atomic E-state index is 12.6. The van der Waals surface area contributed by atoms with E-state index in [1.165, 1.54) is 6.42 Å². The van der Waals surface area contributed by atoms with Gasteiger partial charge in [0.2, 0.25) is 5.91 Å². The number of hydrogen-bond donors (Lipinski definition) is 1. The fourth-order valence-electron chi connectivity index (χ4n) is 3.62. The number of fused-ring (bicyclic) bond motifs is 1. The van der Waals surface area contributed by atoms with Gasteiger partial charge in [0.15, 0.2) is 5.65 Å². The van der Waals surface area contributed by atoms with E-state index in [0.29, 0.717) is 0 Å². The molecule has 2 aromatic rings. The molecule has 1 N–H and O–H groups in total. The zero-order chi connectivity index (χ0) is 16.5. The van der Waals surface area contributed by atoms with E-state index in [2.05, 4.69) is 25.3 Å². The van der Waals surface area contributed by atoms with Crippen molar-refractivity contribution in [1.29, 1.82) is 0 Å². The van der Waals surface area contributed by atoms with Gasteiger partial charge < -0.3 is 15.1 Å². The van der Waals surface area contributed by atoms with E-state index in [0.717, 1.165) is 62.4 Å². The Morgan fingerprint density at radius 3 is 2.62 bits per heavy atom. The second-order valence-corrected chi connectivity index (χ2v) is 6.52. The minimum Gasteiger partial charge on any atom is -0.352 e. The highest BCUT2D eigenvalue weighted by molar-refractivity contribution is 5.87. The summed E-state index contributed by atoms with van der Waals surface area (Å²) >= 11 is 0. The number of halogens is 2. The summed E-state index contributed by atoms with van der Waals surface area (Å²) in [6, 6.07) is 0.00869. The maximum atomic E-state index is 12.6. The molecule has 2 saturated heterocycles. The number of carbonyl (C=O) groups excluding carboxylic acids is 1. The van der Waals surface area contributed by atoms with Crippen molar-refractivity contribution in [3.8, 4) is 0 Å². The molecule has 26 heavy (non-hydrogen) atoms. The molecular formula is C16H25Cl2N7O. The lowest BCUT2D eigenvalue weighted by molar-refractivity contribution is -0.134. The summed E-state index contributed by atoms with van der Waals surface area (Å²) in [6.07, 6.45) is 6.67. The third-order valence-electron chi connectivity index (χ3n) is 5.01. The molecule has 10 heteroatoms. The number of hydrogen-bond acceptors (Lipinski definition) is 6. The van der Waals surface area contributed by atoms with E-state index in [9.17, 15) is 4.79 Å². The number of piperazine rings is 1. The molecule has 1 amide bonds. The Kier molecular flexibility index (Phi) is 7.02. The first-order chi connectivity index (χ1) is 11.7. The van der Waals surface area contributed by atoms with Crippen LogP contribution in [0.4, 0.5) is 5.82 Å². The highest BCUT2D eigenvalue weighted by Crippen LogP contribution is 2.23. The predicted octanol–water partition coefficient (Wildman–Crippen LogP) is 0.998. The van der Waals surface area contributed by atoms with Crippen LogP contribution in [0.25, 0.3) is 11.0 Å². The molecule has 144 valence electrons. The van der Waals surface area contributed by atoms with Crippen molar-refractivity contribution in [2.45, 2.75) is 25.3 Å². The monoisotopic (exact) mass is 401 g/mol. The minimum absolute atomic E-state index is 0. The van der Waals surface area contributed by atoms with Gasteiger partial charge in [0.05, 0.1) is 17.6 Å². The summed E-state index contributed by atoms with van der Waals surface area (Å²) in [5.74, 6) is 1.17. The Hall–Kier alpha value is -1.64. The fourth-order valence-corrected chi connectivity index (χ4v) is 3.62. The van der Waals surface area contributed by atoms with Gasteiger partial charge in [0, 0.05) is 33.2 Å². The fraction of sp³-hybridized carbons (Fsp3) is 0.625. The minimum atomic E-state index is 0. The standard InChI is InChI=1S/C16H23N7O.2ClH/c1-21-14-12(10-20-21)15(19-11-18-14)22-6-8-23(9-7-22)16(24)13-4-2-3-5-17-13;;/h10-11,13,17H,2-9H2,1H3;2*1H. The molecule has 4 rings (SSSR count). The van der Waals surface area contributed by atoms with Gasteiger partial charge >= 0.3 is 0 Å². The molecule has 2 aromatic heterocycles. The first-order valence-electron chi connectivity index (χ1n) is 8.64. The van der Waals surface area contributed by atoms with Crippen molar-refractivity contribution in [1.82, 2.24) is 30.0 Å². The molecule has 1 atom stereocenters. The number of nitrogens with one attached hydrogen (secondary N) is 1. The van der Waals surface area contributed by atoms with Crippen molar-refractivity contribution >= 4 is 47.6 Å². The Balaban J connectivity index is 0.00000121. The predicted molar refractivity (Wildman–Crippen MR) is 105 cm³/mol. The van der Waals surface area contributed by atoms with Gasteiger partial charge in [-0.05, 0) is 19.4 Å². The highest BCUT2D eigenvalue weighted by atomic mass is 35.5. The summed E-state index contributed by atoms with van der Waals surface area (Å²) in [7, 11) is 1.88. The van der Waals surface area contributed by atoms with E-state index < -0.39 is 0 Å². The molecular weight excluding hydrogens is 377 g/mol. The molecule has 4 heterocycles. The molecule has 1 unspecified atom stereocenters. The smallest absolute Gasteiger partial charge is 0.239 e. The van der Waals surface area contributed by atoms with Crippen molar-refractivity contribution in [3.63, 3.8) is 0 Å². The largest absolute Gasteiger partial charge is 0.352 e. The van der Waals surface area contributed by atoms with Crippen LogP contribution >= 0.6 is 24.8 Å². The number of amides is 1. The maximum Gasteiger partial charge on any atom is 0.239 e. The Morgan fingerprint density at radius 2 is 1.92 bits per heavy atom. The summed E-state index contributed by atoms with van der Waals surface area (Å²) in [5.41, 5.74) is 0.838. The van der Waals surface area contributed by atoms with E-state index in [1.807, 2.05) is 18.1 Å². The molecule has 2 aliphatic rings. The van der Waals surface area contributed by atoms with Gasteiger partial charge in [-0.3, -0.25) is 9.48 Å². The second-order valence-electron chi connectivity index (χ2n) is 6.52. The molecule has 0 radical (unpaired) electrons. The quantitative estimate of drug-likeness (QED) is 0.808. The van der Waals surface area contributed by atoms with Crippen molar-refractivity contribution in [3.05, 3.63) is 12.5 Å². The second kappa shape index (κ2) is 8.83. The van der Waals surface area contributed by atoms with Gasteiger partial charge in [-0.2, -0.15) is 5.10 Å². The number of rotatable bonds is 2. The number of piperidine rings is 1. The van der Waals surface area contributed by atoms with Gasteiger partial charge in [-0.1, -0.05) is 6.42 Å². The Morgan fingerprint density at radius 1 is 1.15 bits per heavy atom. The average molecular weight is 402 g/mol. The van der Waals surface area contributed by atoms with Gasteiger partial charge in [0.25, 0.3) is 0 Å². The van der Waals surface area contributed by atoms with Gasteiger partial charge in [-0.25, -0.2) is 9.97 Å². The Bertz CT molecular complexity index is 739. The van der Waals surface area contributed by atoms with Crippen molar-refractivity contribution in [2.24, 2.45) is 7.05 Å². The number of carbonyl (C=O) groups is 1. The lowest BCUT2D eigenvalue weighted by Crippen LogP contribution is -2.55. The molecule has 2 aliphatic heterocycles. The van der Waals surface area contributed by atoms with Crippen LogP contribution in [0.2, 0.25) is 0 Å². The van der Waals surface area contributed by atoms with E-state index >= 15 is 0 Å². The van der Waals surface area contributed by atoms with Gasteiger partial charge in [-0.15, -0.1) is 24.8 Å². The zero-order valence-corrected chi connectivity index (χ0v) is 16.4. The summed E-state index contributed by atoms with van der Waals surface area (Å²) in [5, 5.41) is 8.59. The molecule has 8 nitrogen and oxygen atoms in total. The van der Waals surface area contributed by atoms with E-state index in [4.69, 9.17) is 0 Å². The van der Waals surface area contributed by atoms with Crippen LogP contribution in [0.15, 0.2) is 12.5 Å². The van der Waals surface area contributed by atoms with Crippen LogP contribution in [0.3, 0.4) is 0 Å². The molecule has 0 aliphatic carbocycles. The van der Waals surface area contributed by atoms with Crippen molar-refractivity contribution < 1.29 is 4.79 Å². The summed E-state index contributed by atoms with van der Waals surface area (Å²) < 4.78 is 1.76. The van der Waals surface area contributed by atoms with Crippen LogP contribution in [0.5, 0.6) is 0 Å². The number of aromatic nitrogens is 4. The molecule has 0 spiro atoms. The molecule has 0 aromatic carbocycles. The van der Waals surface area contributed by atoms with Crippen LogP contribution in [-0.4, -0.2) is 69.3 Å². The number of aryl methyl sites for hydroxylation is 1. The lowest BCUT2D eigenvalue weighted by Gasteiger charge is -2.37. The van der Waals surface area contributed by atoms with Crippen LogP contribution in [0.1, 0.15) is 19.3 Å². The normalized spacial score (nSPS) is 20.4. The lowest BCUT2D eigenvalue weighted by atomic mass is 10.0. The van der Waals surface area contributed by atoms with Crippen LogP contribution in [-0.2, 0) is 11.8 Å². The van der Waals surface area contributed by atoms with Crippen molar-refractivity contribution in [2.75, 3.05) is 37.6 Å². The SMILES string of the molecule is Cl.Cl.Cn1ncc2c(N3CCN(C(=O)C4CCCCN4)CC3)ncnc21. The number of anilines is 1. The van der Waals surface area contributed by atoms with Gasteiger partial charge in [0.1, 0.15) is 12.1 Å². The van der Waals surface area contributed by atoms with E-state index in [1.54, 1.807) is 11.0 Å². The highest BCUT2D eigenvalue weighted by Gasteiger charge is 2.29. The summed E-state index contributed by atoms with van der Waals surface area (Å²) in [4.78, 5) is 25.6. The molecule has 0 bridgehead atoms. The zero-order valence-electron chi connectivity index (χ0n) is 14.8. The Labute approximate surface area is 165 Å². The third-order valence-corrected chi connectivity index (χ3v) is 5.01. The van der Waals surface area contributed by atoms with Crippen LogP contribution < -0.4 is 10.2 Å². The molecule has 2 fully saturated rings.